The monoisotopic (exact) mass is 402 g/mol. The molecular formula is C23H39NaO4. The summed E-state index contributed by atoms with van der Waals surface area (Å²) in [6.07, 6.45) is 20.7. The maximum absolute atomic E-state index is 12.1. The van der Waals surface area contributed by atoms with Crippen LogP contribution in [0.2, 0.25) is 0 Å². The van der Waals surface area contributed by atoms with Crippen molar-refractivity contribution in [1.82, 2.24) is 0 Å². The first-order valence-corrected chi connectivity index (χ1v) is 11.2. The van der Waals surface area contributed by atoms with Gasteiger partial charge in [0, 0.05) is 11.9 Å². The van der Waals surface area contributed by atoms with Crippen molar-refractivity contribution in [1.29, 1.82) is 0 Å². The standard InChI is InChI=1S/C23H40O4.Na/c1-2-3-4-5-6-7-8-9-10-11-12-13-16-19-27-23(26)21-18-15-14-17-20(21)22(24)25;/h8-9,20-21H,2-7,10-19H2,1H3,(H,24,25);/q;+1/p-1/b9-8+;. The van der Waals surface area contributed by atoms with Gasteiger partial charge in [-0.25, -0.2) is 0 Å². The summed E-state index contributed by atoms with van der Waals surface area (Å²) in [6.45, 7) is 2.65. The van der Waals surface area contributed by atoms with Gasteiger partial charge in [0.1, 0.15) is 0 Å². The number of hydrogen-bond donors (Lipinski definition) is 0. The van der Waals surface area contributed by atoms with Crippen molar-refractivity contribution in [3.8, 4) is 0 Å². The summed E-state index contributed by atoms with van der Waals surface area (Å²) in [5.41, 5.74) is 0. The van der Waals surface area contributed by atoms with Gasteiger partial charge in [-0.1, -0.05) is 70.4 Å². The summed E-state index contributed by atoms with van der Waals surface area (Å²) in [7, 11) is 0. The number of ether oxygens (including phenoxy) is 1. The van der Waals surface area contributed by atoms with E-state index in [1.165, 1.54) is 44.9 Å². The van der Waals surface area contributed by atoms with Crippen LogP contribution in [0.15, 0.2) is 12.2 Å². The van der Waals surface area contributed by atoms with E-state index in [4.69, 9.17) is 4.74 Å². The zero-order valence-electron chi connectivity index (χ0n) is 18.3. The van der Waals surface area contributed by atoms with E-state index in [1.54, 1.807) is 0 Å². The van der Waals surface area contributed by atoms with Crippen molar-refractivity contribution in [3.63, 3.8) is 0 Å². The van der Waals surface area contributed by atoms with E-state index in [9.17, 15) is 14.7 Å². The molecule has 2 unspecified atom stereocenters. The number of carbonyl (C=O) groups excluding carboxylic acids is 2. The number of aliphatic carboxylic acids is 1. The van der Waals surface area contributed by atoms with Gasteiger partial charge in [-0.2, -0.15) is 0 Å². The van der Waals surface area contributed by atoms with Crippen molar-refractivity contribution in [3.05, 3.63) is 12.2 Å². The van der Waals surface area contributed by atoms with Crippen LogP contribution in [-0.2, 0) is 14.3 Å². The van der Waals surface area contributed by atoms with Crippen LogP contribution < -0.4 is 34.7 Å². The number of esters is 1. The quantitative estimate of drug-likeness (QED) is 0.182. The Morgan fingerprint density at radius 1 is 0.857 bits per heavy atom. The minimum absolute atomic E-state index is 0. The Kier molecular flexibility index (Phi) is 18.5. The summed E-state index contributed by atoms with van der Waals surface area (Å²) >= 11 is 0. The molecule has 5 heteroatoms. The molecule has 0 saturated heterocycles. The van der Waals surface area contributed by atoms with E-state index in [-0.39, 0.29) is 35.5 Å². The van der Waals surface area contributed by atoms with E-state index < -0.39 is 17.8 Å². The Morgan fingerprint density at radius 3 is 1.96 bits per heavy atom. The van der Waals surface area contributed by atoms with Gasteiger partial charge in [0.05, 0.1) is 12.5 Å². The van der Waals surface area contributed by atoms with Crippen molar-refractivity contribution >= 4 is 11.9 Å². The molecule has 0 bridgehead atoms. The largest absolute Gasteiger partial charge is 1.00 e. The second-order valence-electron chi connectivity index (χ2n) is 7.86. The third kappa shape index (κ3) is 13.0. The molecule has 1 aliphatic rings. The van der Waals surface area contributed by atoms with Gasteiger partial charge in [0.2, 0.25) is 0 Å². The molecular weight excluding hydrogens is 363 g/mol. The van der Waals surface area contributed by atoms with Crippen LogP contribution in [0.5, 0.6) is 0 Å². The Morgan fingerprint density at radius 2 is 1.39 bits per heavy atom. The molecule has 0 aromatic rings. The number of carboxylic acids is 1. The van der Waals surface area contributed by atoms with Gasteiger partial charge in [0.25, 0.3) is 0 Å². The first-order chi connectivity index (χ1) is 13.2. The van der Waals surface area contributed by atoms with Crippen LogP contribution in [0.25, 0.3) is 0 Å². The summed E-state index contributed by atoms with van der Waals surface area (Å²) in [4.78, 5) is 23.3. The zero-order valence-corrected chi connectivity index (χ0v) is 20.3. The van der Waals surface area contributed by atoms with Gasteiger partial charge in [-0.05, 0) is 44.9 Å². The molecule has 0 N–H and O–H groups in total. The van der Waals surface area contributed by atoms with Gasteiger partial charge < -0.3 is 14.6 Å². The molecule has 0 aromatic carbocycles. The molecule has 0 aliphatic heterocycles. The second kappa shape index (κ2) is 18.7. The Balaban J connectivity index is 0.00000729. The predicted octanol–water partition coefficient (Wildman–Crippen LogP) is 1.96. The van der Waals surface area contributed by atoms with E-state index >= 15 is 0 Å². The fourth-order valence-corrected chi connectivity index (χ4v) is 3.79. The summed E-state index contributed by atoms with van der Waals surface area (Å²) in [5, 5.41) is 11.1. The molecule has 0 aromatic heterocycles. The number of carboxylic acid groups (broad SMARTS) is 1. The molecule has 0 amide bonds. The molecule has 0 spiro atoms. The maximum atomic E-state index is 12.1. The molecule has 4 nitrogen and oxygen atoms in total. The zero-order chi connectivity index (χ0) is 19.7. The Bertz CT molecular complexity index is 436. The average Bonchev–Trinajstić information content (AvgIpc) is 2.68. The summed E-state index contributed by atoms with van der Waals surface area (Å²) in [5.74, 6) is -2.61. The molecule has 156 valence electrons. The normalized spacial score (nSPS) is 19.3. The van der Waals surface area contributed by atoms with Crippen molar-refractivity contribution in [2.75, 3.05) is 6.61 Å². The number of unbranched alkanes of at least 4 members (excludes halogenated alkanes) is 9. The molecule has 1 rings (SSSR count). The fraction of sp³-hybridized carbons (Fsp3) is 0.826. The van der Waals surface area contributed by atoms with E-state index in [2.05, 4.69) is 19.1 Å². The summed E-state index contributed by atoms with van der Waals surface area (Å²) < 4.78 is 5.32. The second-order valence-corrected chi connectivity index (χ2v) is 7.86. The van der Waals surface area contributed by atoms with Gasteiger partial charge in [-0.3, -0.25) is 4.79 Å². The molecule has 28 heavy (non-hydrogen) atoms. The molecule has 0 radical (unpaired) electrons. The third-order valence-electron chi connectivity index (χ3n) is 5.52. The molecule has 1 aliphatic carbocycles. The fourth-order valence-electron chi connectivity index (χ4n) is 3.79. The third-order valence-corrected chi connectivity index (χ3v) is 5.52. The SMILES string of the molecule is CCCCCCC/C=C/CCCCCCOC(=O)C1CCCCC1C(=O)[O-].[Na+]. The van der Waals surface area contributed by atoms with Gasteiger partial charge >= 0.3 is 35.5 Å². The predicted molar refractivity (Wildman–Crippen MR) is 107 cm³/mol. The van der Waals surface area contributed by atoms with Crippen LogP contribution in [0.3, 0.4) is 0 Å². The molecule has 0 heterocycles. The van der Waals surface area contributed by atoms with Crippen molar-refractivity contribution < 1.29 is 49.0 Å². The number of allylic oxidation sites excluding steroid dienone is 2. The van der Waals surface area contributed by atoms with Crippen LogP contribution in [0.1, 0.15) is 103 Å². The van der Waals surface area contributed by atoms with Crippen LogP contribution in [-0.4, -0.2) is 18.5 Å². The first-order valence-electron chi connectivity index (χ1n) is 11.2. The smallest absolute Gasteiger partial charge is 0.550 e. The first kappa shape index (κ1) is 27.7. The van der Waals surface area contributed by atoms with Crippen molar-refractivity contribution in [2.24, 2.45) is 11.8 Å². The minimum atomic E-state index is -1.11. The molecule has 1 saturated carbocycles. The van der Waals surface area contributed by atoms with E-state index in [0.717, 1.165) is 38.5 Å². The maximum Gasteiger partial charge on any atom is 1.00 e. The van der Waals surface area contributed by atoms with Crippen LogP contribution >= 0.6 is 0 Å². The number of rotatable bonds is 15. The topological polar surface area (TPSA) is 66.4 Å². The molecule has 2 atom stereocenters. The average molecular weight is 403 g/mol. The van der Waals surface area contributed by atoms with Gasteiger partial charge in [-0.15, -0.1) is 0 Å². The van der Waals surface area contributed by atoms with Crippen molar-refractivity contribution in [2.45, 2.75) is 103 Å². The molecule has 1 fully saturated rings. The summed E-state index contributed by atoms with van der Waals surface area (Å²) in [6, 6.07) is 0. The van der Waals surface area contributed by atoms with E-state index in [0.29, 0.717) is 19.4 Å². The Labute approximate surface area is 194 Å². The van der Waals surface area contributed by atoms with E-state index in [1.807, 2.05) is 0 Å². The minimum Gasteiger partial charge on any atom is -0.550 e. The number of carbonyl (C=O) groups is 2. The van der Waals surface area contributed by atoms with Crippen LogP contribution in [0.4, 0.5) is 0 Å². The van der Waals surface area contributed by atoms with Crippen LogP contribution in [0, 0.1) is 11.8 Å². The Hall–Kier alpha value is -0.320. The van der Waals surface area contributed by atoms with Gasteiger partial charge in [0.15, 0.2) is 0 Å². The number of hydrogen-bond acceptors (Lipinski definition) is 4.